The predicted molar refractivity (Wildman–Crippen MR) is 143 cm³/mol. The van der Waals surface area contributed by atoms with Gasteiger partial charge in [-0.15, -0.1) is 0 Å². The number of hydrogen-bond donors (Lipinski definition) is 2. The smallest absolute Gasteiger partial charge is 0.163 e. The molecule has 0 unspecified atom stereocenters. The van der Waals surface area contributed by atoms with Crippen molar-refractivity contribution in [2.45, 2.75) is 56.1 Å². The molecule has 0 spiro atoms. The quantitative estimate of drug-likeness (QED) is 0.388. The van der Waals surface area contributed by atoms with Crippen LogP contribution in [0.5, 0.6) is 0 Å². The minimum Gasteiger partial charge on any atom is -0.311 e. The van der Waals surface area contributed by atoms with Crippen LogP contribution in [0.2, 0.25) is 0 Å². The van der Waals surface area contributed by atoms with Crippen molar-refractivity contribution in [3.8, 4) is 22.4 Å². The zero-order valence-corrected chi connectivity index (χ0v) is 20.7. The molecule has 0 radical (unpaired) electrons. The number of nitrogens with one attached hydrogen (secondary N) is 2. The predicted octanol–water partition coefficient (Wildman–Crippen LogP) is 4.41. The maximum absolute atomic E-state index is 5.23. The number of piperazine rings is 1. The zero-order valence-electron chi connectivity index (χ0n) is 20.7. The number of aromatic nitrogens is 6. The van der Waals surface area contributed by atoms with Gasteiger partial charge in [-0.25, -0.2) is 9.50 Å². The lowest BCUT2D eigenvalue weighted by molar-refractivity contribution is 0.120. The average molecular weight is 491 g/mol. The third-order valence-corrected chi connectivity index (χ3v) is 8.94. The van der Waals surface area contributed by atoms with E-state index in [-0.39, 0.29) is 0 Å². The molecule has 8 nitrogen and oxygen atoms in total. The highest BCUT2D eigenvalue weighted by atomic mass is 15.3. The average Bonchev–Trinajstić information content (AvgIpc) is 3.76. The van der Waals surface area contributed by atoms with Gasteiger partial charge in [0.05, 0.1) is 17.3 Å². The topological polar surface area (TPSA) is 87.0 Å². The van der Waals surface area contributed by atoms with Crippen LogP contribution in [0.1, 0.15) is 43.7 Å². The largest absolute Gasteiger partial charge is 0.311 e. The molecule has 3 aliphatic rings. The molecule has 0 amide bonds. The van der Waals surface area contributed by atoms with Crippen LogP contribution in [0.4, 0.5) is 0 Å². The zero-order chi connectivity index (χ0) is 24.3. The second kappa shape index (κ2) is 8.46. The summed E-state index contributed by atoms with van der Waals surface area (Å²) < 4.78 is 2.12. The molecule has 1 aromatic carbocycles. The number of hydrogen-bond acceptors (Lipinski definition) is 6. The molecule has 4 aromatic heterocycles. The lowest BCUT2D eigenvalue weighted by Crippen LogP contribution is -2.49. The standard InChI is InChI=1S/C29H30N8/c1-2-23(24-16-33-34-25(24)3-1)27-28(19-8-11-30-12-9-19)35-37-26(10-13-31-29(27)37)18-4-6-21(7-5-18)36-17-20-14-22(36)15-32-20/h1-3,8-13,16,18,20-22,32H,4-7,14-15,17H2,(H,33,34)/t18-,20-,21+,22-/m0/s1. The molecule has 2 aliphatic heterocycles. The first-order chi connectivity index (χ1) is 18.3. The molecule has 1 aliphatic carbocycles. The third kappa shape index (κ3) is 3.43. The summed E-state index contributed by atoms with van der Waals surface area (Å²) in [6.45, 7) is 2.41. The maximum Gasteiger partial charge on any atom is 0.163 e. The molecule has 2 atom stereocenters. The minimum absolute atomic E-state index is 0.488. The van der Waals surface area contributed by atoms with E-state index >= 15 is 0 Å². The van der Waals surface area contributed by atoms with E-state index in [9.17, 15) is 0 Å². The number of fused-ring (bicyclic) bond motifs is 4. The van der Waals surface area contributed by atoms with Crippen molar-refractivity contribution in [1.82, 2.24) is 40.0 Å². The molecule has 6 heterocycles. The van der Waals surface area contributed by atoms with Gasteiger partial charge in [-0.3, -0.25) is 15.0 Å². The van der Waals surface area contributed by atoms with E-state index in [0.29, 0.717) is 5.92 Å². The Balaban J connectivity index is 1.21. The van der Waals surface area contributed by atoms with Gasteiger partial charge in [0.15, 0.2) is 5.65 Å². The fraction of sp³-hybridized carbons (Fsp3) is 0.379. The van der Waals surface area contributed by atoms with E-state index in [1.165, 1.54) is 50.9 Å². The van der Waals surface area contributed by atoms with Crippen LogP contribution >= 0.6 is 0 Å². The Bertz CT molecular complexity index is 1580. The Morgan fingerprint density at radius 1 is 0.919 bits per heavy atom. The van der Waals surface area contributed by atoms with Gasteiger partial charge in [-0.05, 0) is 61.9 Å². The second-order valence-corrected chi connectivity index (χ2v) is 10.9. The van der Waals surface area contributed by atoms with Gasteiger partial charge in [0.25, 0.3) is 0 Å². The number of pyridine rings is 1. The Kier molecular flexibility index (Phi) is 4.91. The van der Waals surface area contributed by atoms with Gasteiger partial charge in [0, 0.05) is 72.4 Å². The number of aromatic amines is 1. The van der Waals surface area contributed by atoms with Crippen molar-refractivity contribution < 1.29 is 0 Å². The maximum atomic E-state index is 5.23. The van der Waals surface area contributed by atoms with Crippen molar-refractivity contribution in [1.29, 1.82) is 0 Å². The van der Waals surface area contributed by atoms with Crippen molar-refractivity contribution in [2.75, 3.05) is 13.1 Å². The molecule has 2 bridgehead atoms. The van der Waals surface area contributed by atoms with Crippen molar-refractivity contribution >= 4 is 16.6 Å². The van der Waals surface area contributed by atoms with Crippen LogP contribution in [-0.4, -0.2) is 65.9 Å². The van der Waals surface area contributed by atoms with Crippen LogP contribution in [0.15, 0.2) is 61.2 Å². The van der Waals surface area contributed by atoms with Crippen molar-refractivity contribution in [3.05, 3.63) is 66.9 Å². The number of benzene rings is 1. The van der Waals surface area contributed by atoms with Gasteiger partial charge < -0.3 is 5.32 Å². The summed E-state index contributed by atoms with van der Waals surface area (Å²) in [6.07, 6.45) is 13.8. The first-order valence-electron chi connectivity index (χ1n) is 13.5. The number of likely N-dealkylation sites (tertiary alicyclic amines) is 1. The summed E-state index contributed by atoms with van der Waals surface area (Å²) in [5, 5.41) is 17.4. The van der Waals surface area contributed by atoms with Crippen LogP contribution in [0.25, 0.3) is 38.9 Å². The van der Waals surface area contributed by atoms with Crippen LogP contribution in [0.3, 0.4) is 0 Å². The molecule has 2 N–H and O–H groups in total. The number of H-pyrrole nitrogens is 1. The first kappa shape index (κ1) is 21.5. The van der Waals surface area contributed by atoms with Crippen LogP contribution in [-0.2, 0) is 0 Å². The molecule has 186 valence electrons. The molecule has 8 rings (SSSR count). The summed E-state index contributed by atoms with van der Waals surface area (Å²) in [7, 11) is 0. The summed E-state index contributed by atoms with van der Waals surface area (Å²) in [5.41, 5.74) is 7.32. The Hall–Kier alpha value is -3.62. The highest BCUT2D eigenvalue weighted by Gasteiger charge is 2.42. The molecular weight excluding hydrogens is 460 g/mol. The van der Waals surface area contributed by atoms with E-state index in [1.807, 2.05) is 36.9 Å². The van der Waals surface area contributed by atoms with E-state index in [0.717, 1.165) is 57.1 Å². The Labute approximate surface area is 215 Å². The molecule has 2 saturated heterocycles. The lowest BCUT2D eigenvalue weighted by Gasteiger charge is -2.39. The van der Waals surface area contributed by atoms with Crippen LogP contribution < -0.4 is 5.32 Å². The van der Waals surface area contributed by atoms with Gasteiger partial charge in [0.1, 0.15) is 5.69 Å². The SMILES string of the molecule is c1cc(-c2c(-c3ccncc3)nn3c2nccc3[C@H]2CC[C@@H](N3C[C@@H]4C[C@H]3CN4)CC2)c2cn[nH]c2c1. The van der Waals surface area contributed by atoms with E-state index in [4.69, 9.17) is 10.1 Å². The van der Waals surface area contributed by atoms with Gasteiger partial charge in [-0.2, -0.15) is 10.2 Å². The van der Waals surface area contributed by atoms with Gasteiger partial charge in [0.2, 0.25) is 0 Å². The Morgan fingerprint density at radius 2 is 1.81 bits per heavy atom. The third-order valence-electron chi connectivity index (χ3n) is 8.94. The van der Waals surface area contributed by atoms with Crippen molar-refractivity contribution in [3.63, 3.8) is 0 Å². The first-order valence-corrected chi connectivity index (χ1v) is 13.5. The molecule has 3 fully saturated rings. The summed E-state index contributed by atoms with van der Waals surface area (Å²) in [6, 6.07) is 14.7. The lowest BCUT2D eigenvalue weighted by atomic mass is 9.83. The molecule has 1 saturated carbocycles. The second-order valence-electron chi connectivity index (χ2n) is 10.9. The highest BCUT2D eigenvalue weighted by molar-refractivity contribution is 6.02. The Morgan fingerprint density at radius 3 is 2.62 bits per heavy atom. The summed E-state index contributed by atoms with van der Waals surface area (Å²) in [5.74, 6) is 0.488. The van der Waals surface area contributed by atoms with E-state index in [1.54, 1.807) is 0 Å². The fourth-order valence-electron chi connectivity index (χ4n) is 7.16. The van der Waals surface area contributed by atoms with Gasteiger partial charge >= 0.3 is 0 Å². The monoisotopic (exact) mass is 490 g/mol. The summed E-state index contributed by atoms with van der Waals surface area (Å²) in [4.78, 5) is 11.9. The summed E-state index contributed by atoms with van der Waals surface area (Å²) >= 11 is 0. The minimum atomic E-state index is 0.488. The molecule has 8 heteroatoms. The number of rotatable bonds is 4. The molecular formula is C29H30N8. The van der Waals surface area contributed by atoms with Crippen molar-refractivity contribution in [2.24, 2.45) is 0 Å². The highest BCUT2D eigenvalue weighted by Crippen LogP contribution is 2.41. The van der Waals surface area contributed by atoms with E-state index in [2.05, 4.69) is 54.2 Å². The van der Waals surface area contributed by atoms with Gasteiger partial charge in [-0.1, -0.05) is 12.1 Å². The number of nitrogens with zero attached hydrogens (tertiary/aromatic N) is 6. The normalized spacial score (nSPS) is 25.9. The fourth-order valence-corrected chi connectivity index (χ4v) is 7.16. The van der Waals surface area contributed by atoms with Crippen LogP contribution in [0, 0.1) is 0 Å². The molecule has 37 heavy (non-hydrogen) atoms. The van der Waals surface area contributed by atoms with E-state index < -0.39 is 0 Å². The molecule has 5 aromatic rings.